The lowest BCUT2D eigenvalue weighted by Gasteiger charge is -2.12. The molecule has 0 radical (unpaired) electrons. The van der Waals surface area contributed by atoms with Gasteiger partial charge in [0.25, 0.3) is 0 Å². The number of aryl methyl sites for hydroxylation is 1. The number of alkyl halides is 1. The van der Waals surface area contributed by atoms with Crippen LogP contribution >= 0.6 is 11.3 Å². The Morgan fingerprint density at radius 2 is 2.09 bits per heavy atom. The second-order valence-electron chi connectivity index (χ2n) is 5.54. The van der Waals surface area contributed by atoms with Crippen LogP contribution in [0.25, 0.3) is 0 Å². The van der Waals surface area contributed by atoms with Gasteiger partial charge in [0, 0.05) is 11.6 Å². The highest BCUT2D eigenvalue weighted by molar-refractivity contribution is 7.11. The Hall–Kier alpha value is -1.75. The summed E-state index contributed by atoms with van der Waals surface area (Å²) in [5, 5.41) is 1.94. The van der Waals surface area contributed by atoms with Crippen LogP contribution in [0.4, 0.5) is 4.39 Å². The maximum Gasteiger partial charge on any atom is 0.225 e. The van der Waals surface area contributed by atoms with Gasteiger partial charge in [-0.1, -0.05) is 19.1 Å². The molecule has 124 valence electrons. The first-order valence-electron chi connectivity index (χ1n) is 7.93. The number of halogens is 1. The molecule has 0 aliphatic heterocycles. The third-order valence-electron chi connectivity index (χ3n) is 3.69. The van der Waals surface area contributed by atoms with E-state index in [9.17, 15) is 9.18 Å². The van der Waals surface area contributed by atoms with Gasteiger partial charge in [0.2, 0.25) is 5.78 Å². The zero-order chi connectivity index (χ0) is 16.7. The van der Waals surface area contributed by atoms with Crippen molar-refractivity contribution in [3.8, 4) is 5.75 Å². The zero-order valence-electron chi connectivity index (χ0n) is 13.5. The maximum absolute atomic E-state index is 13.9. The van der Waals surface area contributed by atoms with Crippen LogP contribution in [0.2, 0.25) is 0 Å². The lowest BCUT2D eigenvalue weighted by Crippen LogP contribution is -2.15. The monoisotopic (exact) mass is 335 g/mol. The predicted molar refractivity (Wildman–Crippen MR) is 91.1 cm³/mol. The summed E-state index contributed by atoms with van der Waals surface area (Å²) in [6, 6.07) is 7.87. The molecule has 23 heavy (non-hydrogen) atoms. The number of ketones is 1. The molecule has 0 fully saturated rings. The molecule has 3 nitrogen and oxygen atoms in total. The average Bonchev–Trinajstić information content (AvgIpc) is 3.10. The van der Waals surface area contributed by atoms with E-state index in [2.05, 4.69) is 11.9 Å². The minimum Gasteiger partial charge on any atom is -0.491 e. The fraction of sp³-hybridized carbons (Fsp3) is 0.444. The molecule has 0 aliphatic rings. The molecular formula is C18H22FNO2S. The van der Waals surface area contributed by atoms with Crippen molar-refractivity contribution in [2.75, 3.05) is 0 Å². The number of carbonyl (C=O) groups is 1. The first kappa shape index (κ1) is 17.6. The van der Waals surface area contributed by atoms with Gasteiger partial charge in [0.1, 0.15) is 5.75 Å². The van der Waals surface area contributed by atoms with Gasteiger partial charge in [0.15, 0.2) is 11.2 Å². The summed E-state index contributed by atoms with van der Waals surface area (Å²) < 4.78 is 19.6. The highest BCUT2D eigenvalue weighted by atomic mass is 32.1. The quantitative estimate of drug-likeness (QED) is 0.614. The number of rotatable bonds is 9. The summed E-state index contributed by atoms with van der Waals surface area (Å²) in [5.74, 6) is 0.350. The first-order chi connectivity index (χ1) is 11.1. The van der Waals surface area contributed by atoms with Crippen LogP contribution < -0.4 is 4.74 Å². The molecular weight excluding hydrogens is 313 g/mol. The molecule has 2 aromatic rings. The predicted octanol–water partition coefficient (Wildman–Crippen LogP) is 4.86. The topological polar surface area (TPSA) is 39.2 Å². The molecule has 0 amide bonds. The van der Waals surface area contributed by atoms with Gasteiger partial charge in [-0.2, -0.15) is 0 Å². The Balaban J connectivity index is 1.76. The van der Waals surface area contributed by atoms with Crippen molar-refractivity contribution in [2.24, 2.45) is 0 Å². The lowest BCUT2D eigenvalue weighted by atomic mass is 10.0. The molecule has 5 heteroatoms. The standard InChI is InChI=1S/C18H22FNO2S/c1-3-13(2)22-15-9-7-14(8-10-15)5-4-6-16(19)17(21)18-20-11-12-23-18/h7-13,16H,3-6H2,1-2H3. The number of hydrogen-bond acceptors (Lipinski definition) is 4. The Bertz CT molecular complexity index is 598. The van der Waals surface area contributed by atoms with Gasteiger partial charge in [-0.25, -0.2) is 9.37 Å². The second-order valence-corrected chi connectivity index (χ2v) is 6.44. The molecule has 0 aliphatic carbocycles. The SMILES string of the molecule is CCC(C)Oc1ccc(CCCC(F)C(=O)c2nccs2)cc1. The third-order valence-corrected chi connectivity index (χ3v) is 4.47. The molecule has 0 saturated heterocycles. The van der Waals surface area contributed by atoms with Crippen molar-refractivity contribution < 1.29 is 13.9 Å². The normalized spacial score (nSPS) is 13.5. The summed E-state index contributed by atoms with van der Waals surface area (Å²) in [6.07, 6.45) is 2.82. The van der Waals surface area contributed by atoms with Crippen molar-refractivity contribution in [3.05, 3.63) is 46.4 Å². The largest absolute Gasteiger partial charge is 0.491 e. The van der Waals surface area contributed by atoms with E-state index >= 15 is 0 Å². The third kappa shape index (κ3) is 5.43. The van der Waals surface area contributed by atoms with Crippen LogP contribution in [0.15, 0.2) is 35.8 Å². The Morgan fingerprint density at radius 3 is 2.70 bits per heavy atom. The van der Waals surface area contributed by atoms with Gasteiger partial charge in [-0.15, -0.1) is 11.3 Å². The number of benzene rings is 1. The summed E-state index contributed by atoms with van der Waals surface area (Å²) >= 11 is 1.18. The van der Waals surface area contributed by atoms with E-state index in [1.807, 2.05) is 31.2 Å². The zero-order valence-corrected chi connectivity index (χ0v) is 14.3. The fourth-order valence-corrected chi connectivity index (χ4v) is 2.76. The van der Waals surface area contributed by atoms with Crippen LogP contribution in [0, 0.1) is 0 Å². The number of ether oxygens (including phenoxy) is 1. The van der Waals surface area contributed by atoms with Crippen molar-refractivity contribution in [2.45, 2.75) is 51.8 Å². The molecule has 1 heterocycles. The molecule has 0 bridgehead atoms. The highest BCUT2D eigenvalue weighted by Gasteiger charge is 2.20. The molecule has 1 aromatic heterocycles. The molecule has 0 saturated carbocycles. The minimum atomic E-state index is -1.46. The molecule has 0 spiro atoms. The summed E-state index contributed by atoms with van der Waals surface area (Å²) in [5.41, 5.74) is 1.12. The van der Waals surface area contributed by atoms with Crippen LogP contribution in [-0.2, 0) is 6.42 Å². The maximum atomic E-state index is 13.9. The van der Waals surface area contributed by atoms with Gasteiger partial charge in [0.05, 0.1) is 6.10 Å². The van der Waals surface area contributed by atoms with Gasteiger partial charge in [-0.05, 0) is 50.3 Å². The van der Waals surface area contributed by atoms with Crippen molar-refractivity contribution in [3.63, 3.8) is 0 Å². The van der Waals surface area contributed by atoms with Crippen LogP contribution in [0.3, 0.4) is 0 Å². The second kappa shape index (κ2) is 8.77. The van der Waals surface area contributed by atoms with Crippen molar-refractivity contribution >= 4 is 17.1 Å². The number of carbonyl (C=O) groups excluding carboxylic acids is 1. The van der Waals surface area contributed by atoms with Gasteiger partial charge in [-0.3, -0.25) is 4.79 Å². The Morgan fingerprint density at radius 1 is 1.35 bits per heavy atom. The smallest absolute Gasteiger partial charge is 0.225 e. The van der Waals surface area contributed by atoms with E-state index in [-0.39, 0.29) is 17.5 Å². The first-order valence-corrected chi connectivity index (χ1v) is 8.81. The van der Waals surface area contributed by atoms with E-state index < -0.39 is 12.0 Å². The van der Waals surface area contributed by atoms with Crippen molar-refractivity contribution in [1.82, 2.24) is 4.98 Å². The Labute approximate surface area is 140 Å². The number of thiazole rings is 1. The van der Waals surface area contributed by atoms with E-state index in [0.29, 0.717) is 6.42 Å². The minimum absolute atomic E-state index is 0.199. The molecule has 1 aromatic carbocycles. The van der Waals surface area contributed by atoms with E-state index in [1.54, 1.807) is 5.38 Å². The summed E-state index contributed by atoms with van der Waals surface area (Å²) in [6.45, 7) is 4.12. The van der Waals surface area contributed by atoms with Crippen molar-refractivity contribution in [1.29, 1.82) is 0 Å². The van der Waals surface area contributed by atoms with Gasteiger partial charge >= 0.3 is 0 Å². The number of hydrogen-bond donors (Lipinski definition) is 0. The van der Waals surface area contributed by atoms with Crippen LogP contribution in [0.1, 0.15) is 48.5 Å². The van der Waals surface area contributed by atoms with E-state index in [1.165, 1.54) is 17.5 Å². The molecule has 2 rings (SSSR count). The van der Waals surface area contributed by atoms with E-state index in [4.69, 9.17) is 4.74 Å². The van der Waals surface area contributed by atoms with E-state index in [0.717, 1.165) is 24.2 Å². The highest BCUT2D eigenvalue weighted by Crippen LogP contribution is 2.18. The summed E-state index contributed by atoms with van der Waals surface area (Å²) in [7, 11) is 0. The lowest BCUT2D eigenvalue weighted by molar-refractivity contribution is 0.0867. The average molecular weight is 335 g/mol. The molecule has 2 unspecified atom stereocenters. The number of nitrogens with zero attached hydrogens (tertiary/aromatic N) is 1. The fourth-order valence-electron chi connectivity index (χ4n) is 2.15. The van der Waals surface area contributed by atoms with Crippen LogP contribution in [0.5, 0.6) is 5.75 Å². The Kier molecular flexibility index (Phi) is 6.71. The van der Waals surface area contributed by atoms with Crippen LogP contribution in [-0.4, -0.2) is 23.0 Å². The van der Waals surface area contributed by atoms with Gasteiger partial charge < -0.3 is 4.74 Å². The molecule has 0 N–H and O–H groups in total. The summed E-state index contributed by atoms with van der Waals surface area (Å²) in [4.78, 5) is 15.6. The molecule has 2 atom stereocenters. The number of aromatic nitrogens is 1. The number of Topliss-reactive ketones (excluding diaryl/α,β-unsaturated/α-hetero) is 1.